The Morgan fingerprint density at radius 1 is 1.05 bits per heavy atom. The minimum atomic E-state index is -0.469. The molecule has 0 aromatic heterocycles. The van der Waals surface area contributed by atoms with Crippen LogP contribution >= 0.6 is 0 Å². The van der Waals surface area contributed by atoms with Crippen LogP contribution in [0.3, 0.4) is 0 Å². The van der Waals surface area contributed by atoms with E-state index in [-0.39, 0.29) is 0 Å². The van der Waals surface area contributed by atoms with E-state index in [4.69, 9.17) is 0 Å². The molecule has 1 unspecified atom stereocenters. The van der Waals surface area contributed by atoms with Crippen LogP contribution in [-0.4, -0.2) is 10.7 Å². The van der Waals surface area contributed by atoms with Crippen LogP contribution < -0.4 is 0 Å². The lowest BCUT2D eigenvalue weighted by atomic mass is 9.47. The molecule has 122 valence electrons. The van der Waals surface area contributed by atoms with E-state index >= 15 is 0 Å². The summed E-state index contributed by atoms with van der Waals surface area (Å²) in [5, 5.41) is 10.5. The van der Waals surface area contributed by atoms with Gasteiger partial charge in [0.1, 0.15) is 0 Å². The van der Waals surface area contributed by atoms with Gasteiger partial charge >= 0.3 is 0 Å². The predicted molar refractivity (Wildman–Crippen MR) is 91.5 cm³/mol. The van der Waals surface area contributed by atoms with Crippen molar-refractivity contribution in [3.05, 3.63) is 23.8 Å². The highest BCUT2D eigenvalue weighted by Gasteiger charge is 2.57. The largest absolute Gasteiger partial charge is 0.390 e. The van der Waals surface area contributed by atoms with Gasteiger partial charge < -0.3 is 5.11 Å². The van der Waals surface area contributed by atoms with Crippen LogP contribution in [0.5, 0.6) is 0 Å². The molecule has 6 atom stereocenters. The first-order chi connectivity index (χ1) is 10.3. The highest BCUT2D eigenvalue weighted by atomic mass is 16.3. The topological polar surface area (TPSA) is 20.2 Å². The van der Waals surface area contributed by atoms with Crippen molar-refractivity contribution in [3.8, 4) is 0 Å². The molecule has 3 saturated carbocycles. The van der Waals surface area contributed by atoms with Gasteiger partial charge in [0, 0.05) is 0 Å². The van der Waals surface area contributed by atoms with Crippen molar-refractivity contribution < 1.29 is 5.11 Å². The van der Waals surface area contributed by atoms with E-state index in [1.54, 1.807) is 5.57 Å². The van der Waals surface area contributed by atoms with E-state index in [1.807, 2.05) is 6.92 Å². The Labute approximate surface area is 135 Å². The van der Waals surface area contributed by atoms with E-state index < -0.39 is 5.60 Å². The highest BCUT2D eigenvalue weighted by molar-refractivity contribution is 5.29. The predicted octanol–water partition coefficient (Wildman–Crippen LogP) is 5.26. The number of rotatable bonds is 0. The van der Waals surface area contributed by atoms with Gasteiger partial charge in [0.2, 0.25) is 0 Å². The Morgan fingerprint density at radius 2 is 1.77 bits per heavy atom. The Kier molecular flexibility index (Phi) is 3.07. The van der Waals surface area contributed by atoms with Gasteiger partial charge in [-0.3, -0.25) is 0 Å². The lowest BCUT2D eigenvalue weighted by molar-refractivity contribution is -0.0503. The first-order valence-electron chi connectivity index (χ1n) is 9.36. The smallest absolute Gasteiger partial charge is 0.0657 e. The van der Waals surface area contributed by atoms with Crippen molar-refractivity contribution in [3.63, 3.8) is 0 Å². The van der Waals surface area contributed by atoms with Crippen LogP contribution in [-0.2, 0) is 0 Å². The quantitative estimate of drug-likeness (QED) is 0.605. The van der Waals surface area contributed by atoms with Crippen LogP contribution in [0.15, 0.2) is 23.8 Å². The molecule has 4 aliphatic rings. The fraction of sp³-hybridized carbons (Fsp3) is 0.810. The molecular formula is C21H32O. The van der Waals surface area contributed by atoms with E-state index in [9.17, 15) is 5.11 Å². The molecule has 1 heteroatoms. The van der Waals surface area contributed by atoms with Crippen molar-refractivity contribution >= 4 is 0 Å². The zero-order chi connectivity index (χ0) is 15.8. The Hall–Kier alpha value is -0.560. The fourth-order valence-electron chi connectivity index (χ4n) is 6.71. The van der Waals surface area contributed by atoms with Crippen molar-refractivity contribution in [2.24, 2.45) is 28.6 Å². The van der Waals surface area contributed by atoms with Crippen molar-refractivity contribution in [2.45, 2.75) is 77.7 Å². The summed E-state index contributed by atoms with van der Waals surface area (Å²) < 4.78 is 0. The SMILES string of the molecule is C=C1CC[C@H]2C3CC=C4C[C@@](C)(O)CC[C@]4(C)[C@H]3CC[C@]12C. The molecule has 0 amide bonds. The molecule has 0 aromatic rings. The molecule has 1 nitrogen and oxygen atoms in total. The molecule has 4 aliphatic carbocycles. The maximum atomic E-state index is 10.5. The molecule has 0 bridgehead atoms. The van der Waals surface area contributed by atoms with Crippen LogP contribution in [0.4, 0.5) is 0 Å². The van der Waals surface area contributed by atoms with Gasteiger partial charge in [-0.25, -0.2) is 0 Å². The van der Waals surface area contributed by atoms with E-state index in [0.717, 1.165) is 30.6 Å². The lowest BCUT2D eigenvalue weighted by Crippen LogP contribution is -2.51. The maximum Gasteiger partial charge on any atom is 0.0657 e. The van der Waals surface area contributed by atoms with Gasteiger partial charge in [0.05, 0.1) is 5.60 Å². The summed E-state index contributed by atoms with van der Waals surface area (Å²) in [7, 11) is 0. The molecule has 0 radical (unpaired) electrons. The molecule has 0 spiro atoms. The number of hydrogen-bond donors (Lipinski definition) is 1. The average molecular weight is 300 g/mol. The summed E-state index contributed by atoms with van der Waals surface area (Å²) in [5.74, 6) is 2.55. The third-order valence-corrected chi connectivity index (χ3v) is 8.33. The summed E-state index contributed by atoms with van der Waals surface area (Å²) in [6, 6.07) is 0. The summed E-state index contributed by atoms with van der Waals surface area (Å²) in [6.07, 6.45) is 12.2. The van der Waals surface area contributed by atoms with E-state index in [0.29, 0.717) is 10.8 Å². The zero-order valence-electron chi connectivity index (χ0n) is 14.6. The fourth-order valence-corrected chi connectivity index (χ4v) is 6.71. The Balaban J connectivity index is 1.69. The van der Waals surface area contributed by atoms with Gasteiger partial charge in [-0.15, -0.1) is 0 Å². The van der Waals surface area contributed by atoms with Crippen LogP contribution in [0.1, 0.15) is 72.1 Å². The summed E-state index contributed by atoms with van der Waals surface area (Å²) in [6.45, 7) is 11.5. The molecule has 4 rings (SSSR count). The van der Waals surface area contributed by atoms with Crippen molar-refractivity contribution in [2.75, 3.05) is 0 Å². The summed E-state index contributed by atoms with van der Waals surface area (Å²) >= 11 is 0. The second-order valence-electron chi connectivity index (χ2n) is 9.53. The lowest BCUT2D eigenvalue weighted by Gasteiger charge is -2.58. The number of fused-ring (bicyclic) bond motifs is 5. The Bertz CT molecular complexity index is 542. The van der Waals surface area contributed by atoms with E-state index in [2.05, 4.69) is 26.5 Å². The van der Waals surface area contributed by atoms with Crippen LogP contribution in [0.2, 0.25) is 0 Å². The molecule has 0 aliphatic heterocycles. The zero-order valence-corrected chi connectivity index (χ0v) is 14.6. The second kappa shape index (κ2) is 4.50. The second-order valence-corrected chi connectivity index (χ2v) is 9.53. The Morgan fingerprint density at radius 3 is 2.55 bits per heavy atom. The molecule has 22 heavy (non-hydrogen) atoms. The van der Waals surface area contributed by atoms with Crippen molar-refractivity contribution in [1.29, 1.82) is 0 Å². The number of allylic oxidation sites excluding steroid dienone is 2. The van der Waals surface area contributed by atoms with Gasteiger partial charge in [-0.1, -0.05) is 37.6 Å². The summed E-state index contributed by atoms with van der Waals surface area (Å²) in [4.78, 5) is 0. The maximum absolute atomic E-state index is 10.5. The minimum Gasteiger partial charge on any atom is -0.390 e. The molecule has 0 saturated heterocycles. The molecule has 0 aromatic carbocycles. The van der Waals surface area contributed by atoms with Crippen molar-refractivity contribution in [1.82, 2.24) is 0 Å². The highest BCUT2D eigenvalue weighted by Crippen LogP contribution is 2.66. The first kappa shape index (κ1) is 15.0. The normalized spacial score (nSPS) is 54.3. The van der Waals surface area contributed by atoms with Gasteiger partial charge in [-0.2, -0.15) is 0 Å². The third kappa shape index (κ3) is 1.87. The minimum absolute atomic E-state index is 0.358. The monoisotopic (exact) mass is 300 g/mol. The number of aliphatic hydroxyl groups is 1. The molecule has 3 fully saturated rings. The van der Waals surface area contributed by atoms with Crippen LogP contribution in [0, 0.1) is 28.6 Å². The van der Waals surface area contributed by atoms with E-state index in [1.165, 1.54) is 44.1 Å². The number of hydrogen-bond acceptors (Lipinski definition) is 1. The van der Waals surface area contributed by atoms with Gasteiger partial charge in [-0.05, 0) is 86.9 Å². The van der Waals surface area contributed by atoms with Gasteiger partial charge in [0.15, 0.2) is 0 Å². The van der Waals surface area contributed by atoms with Gasteiger partial charge in [0.25, 0.3) is 0 Å². The molecule has 0 heterocycles. The average Bonchev–Trinajstić information content (AvgIpc) is 2.76. The first-order valence-corrected chi connectivity index (χ1v) is 9.36. The van der Waals surface area contributed by atoms with Crippen LogP contribution in [0.25, 0.3) is 0 Å². The molecular weight excluding hydrogens is 268 g/mol. The molecule has 1 N–H and O–H groups in total. The standard InChI is InChI=1S/C21H32O/c1-14-5-8-17-16-7-6-15-13-19(2,22)11-12-21(15,4)18(16)9-10-20(14,17)3/h6,16-18,22H,1,5,7-13H2,2-4H3/t16?,17-,18-,19-,20+,21-/m0/s1. The summed E-state index contributed by atoms with van der Waals surface area (Å²) in [5.41, 5.74) is 3.41. The third-order valence-electron chi connectivity index (χ3n) is 8.33.